The van der Waals surface area contributed by atoms with E-state index in [4.69, 9.17) is 5.73 Å². The second-order valence-corrected chi connectivity index (χ2v) is 4.22. The number of hydrogen-bond acceptors (Lipinski definition) is 3. The van der Waals surface area contributed by atoms with Crippen LogP contribution in [0.5, 0.6) is 0 Å². The monoisotopic (exact) mass is 248 g/mol. The Kier molecular flexibility index (Phi) is 3.10. The van der Waals surface area contributed by atoms with E-state index in [9.17, 15) is 9.59 Å². The van der Waals surface area contributed by atoms with Crippen molar-refractivity contribution in [2.45, 2.75) is 20.3 Å². The Hall–Kier alpha value is -2.24. The molecule has 0 saturated carbocycles. The third-order valence-electron chi connectivity index (χ3n) is 2.80. The van der Waals surface area contributed by atoms with E-state index in [1.807, 2.05) is 13.8 Å². The van der Waals surface area contributed by atoms with E-state index in [-0.39, 0.29) is 0 Å². The number of amides is 1. The van der Waals surface area contributed by atoms with Crippen molar-refractivity contribution >= 4 is 22.8 Å². The molecule has 6 nitrogen and oxygen atoms in total. The van der Waals surface area contributed by atoms with Gasteiger partial charge in [-0.15, -0.1) is 0 Å². The smallest absolute Gasteiger partial charge is 0.334 e. The molecule has 0 atom stereocenters. The molecule has 1 aromatic heterocycles. The summed E-state index contributed by atoms with van der Waals surface area (Å²) in [5.74, 6) is 0. The summed E-state index contributed by atoms with van der Waals surface area (Å²) < 4.78 is 1.09. The Morgan fingerprint density at radius 1 is 1.50 bits per heavy atom. The van der Waals surface area contributed by atoms with Crippen LogP contribution in [-0.2, 0) is 0 Å². The molecule has 1 aromatic carbocycles. The number of nitrogens with two attached hydrogens (primary N) is 1. The Morgan fingerprint density at radius 3 is 2.89 bits per heavy atom. The van der Waals surface area contributed by atoms with Crippen molar-refractivity contribution < 1.29 is 4.79 Å². The number of nitrogens with one attached hydrogen (secondary N) is 2. The van der Waals surface area contributed by atoms with E-state index in [2.05, 4.69) is 10.3 Å². The summed E-state index contributed by atoms with van der Waals surface area (Å²) in [7, 11) is 0. The molecule has 96 valence electrons. The molecule has 18 heavy (non-hydrogen) atoms. The number of aromatic amines is 1. The van der Waals surface area contributed by atoms with Crippen LogP contribution in [0.1, 0.15) is 18.9 Å². The zero-order valence-electron chi connectivity index (χ0n) is 10.4. The lowest BCUT2D eigenvalue weighted by Crippen LogP contribution is -2.35. The van der Waals surface area contributed by atoms with Gasteiger partial charge in [0.05, 0.1) is 11.0 Å². The average molecular weight is 248 g/mol. The van der Waals surface area contributed by atoms with Crippen molar-refractivity contribution in [3.63, 3.8) is 0 Å². The first-order valence-electron chi connectivity index (χ1n) is 5.83. The predicted octanol–water partition coefficient (Wildman–Crippen LogP) is 1.19. The zero-order chi connectivity index (χ0) is 13.3. The molecule has 2 rings (SSSR count). The zero-order valence-corrected chi connectivity index (χ0v) is 10.4. The van der Waals surface area contributed by atoms with Crippen molar-refractivity contribution in [3.8, 4) is 0 Å². The van der Waals surface area contributed by atoms with E-state index in [0.29, 0.717) is 23.3 Å². The third-order valence-corrected chi connectivity index (χ3v) is 2.80. The highest BCUT2D eigenvalue weighted by atomic mass is 16.2. The number of aryl methyl sites for hydroxylation is 1. The molecule has 0 bridgehead atoms. The molecule has 0 radical (unpaired) electrons. The first kappa shape index (κ1) is 12.2. The maximum atomic E-state index is 11.9. The molecule has 0 fully saturated rings. The maximum absolute atomic E-state index is 11.9. The molecular weight excluding hydrogens is 232 g/mol. The Labute approximate surface area is 104 Å². The second-order valence-electron chi connectivity index (χ2n) is 4.22. The lowest BCUT2D eigenvalue weighted by molar-refractivity contribution is 0.242. The molecule has 0 unspecified atom stereocenters. The molecule has 1 heterocycles. The lowest BCUT2D eigenvalue weighted by Gasteiger charge is -2.05. The SMILES string of the molecule is CCCNC(=O)n1c(=O)[nH]c2cc(N)c(C)cc21. The number of benzene rings is 1. The van der Waals surface area contributed by atoms with Crippen molar-refractivity contribution in [1.82, 2.24) is 14.9 Å². The predicted molar refractivity (Wildman–Crippen MR) is 70.8 cm³/mol. The molecule has 0 spiro atoms. The number of anilines is 1. The van der Waals surface area contributed by atoms with E-state index >= 15 is 0 Å². The van der Waals surface area contributed by atoms with Crippen LogP contribution in [0.25, 0.3) is 11.0 Å². The van der Waals surface area contributed by atoms with Crippen molar-refractivity contribution in [2.75, 3.05) is 12.3 Å². The Morgan fingerprint density at radius 2 is 2.22 bits per heavy atom. The summed E-state index contributed by atoms with van der Waals surface area (Å²) in [6, 6.07) is 2.97. The molecule has 0 aliphatic rings. The minimum absolute atomic E-state index is 0.419. The molecule has 0 aliphatic carbocycles. The minimum atomic E-state index is -0.455. The number of carbonyl (C=O) groups is 1. The number of aromatic nitrogens is 2. The Balaban J connectivity index is 2.56. The molecule has 1 amide bonds. The van der Waals surface area contributed by atoms with Gasteiger partial charge in [0.2, 0.25) is 0 Å². The fraction of sp³-hybridized carbons (Fsp3) is 0.333. The number of hydrogen-bond donors (Lipinski definition) is 3. The van der Waals surface area contributed by atoms with Gasteiger partial charge in [-0.25, -0.2) is 14.2 Å². The normalized spacial score (nSPS) is 10.8. The van der Waals surface area contributed by atoms with Gasteiger partial charge in [0.15, 0.2) is 0 Å². The quantitative estimate of drug-likeness (QED) is 0.697. The van der Waals surface area contributed by atoms with Gasteiger partial charge < -0.3 is 16.0 Å². The number of nitrogen functional groups attached to an aromatic ring is 1. The van der Waals surface area contributed by atoms with Gasteiger partial charge in [0.1, 0.15) is 0 Å². The van der Waals surface area contributed by atoms with Crippen LogP contribution in [0.3, 0.4) is 0 Å². The van der Waals surface area contributed by atoms with Crippen molar-refractivity contribution in [1.29, 1.82) is 0 Å². The van der Waals surface area contributed by atoms with Gasteiger partial charge in [-0.2, -0.15) is 0 Å². The number of H-pyrrole nitrogens is 1. The van der Waals surface area contributed by atoms with Crippen LogP contribution in [0.2, 0.25) is 0 Å². The Bertz CT molecular complexity index is 654. The van der Waals surface area contributed by atoms with Crippen molar-refractivity contribution in [2.24, 2.45) is 0 Å². The van der Waals surface area contributed by atoms with Gasteiger partial charge >= 0.3 is 11.7 Å². The largest absolute Gasteiger partial charge is 0.398 e. The van der Waals surface area contributed by atoms with Gasteiger partial charge in [-0.05, 0) is 31.0 Å². The summed E-state index contributed by atoms with van der Waals surface area (Å²) in [4.78, 5) is 26.3. The number of fused-ring (bicyclic) bond motifs is 1. The van der Waals surface area contributed by atoms with Gasteiger partial charge in [-0.1, -0.05) is 6.92 Å². The summed E-state index contributed by atoms with van der Waals surface area (Å²) >= 11 is 0. The number of carbonyl (C=O) groups excluding carboxylic acids is 1. The fourth-order valence-electron chi connectivity index (χ4n) is 1.79. The van der Waals surface area contributed by atoms with Crippen LogP contribution in [0.4, 0.5) is 10.5 Å². The highest BCUT2D eigenvalue weighted by molar-refractivity contribution is 5.91. The summed E-state index contributed by atoms with van der Waals surface area (Å²) in [5.41, 5.74) is 7.84. The number of nitrogens with zero attached hydrogens (tertiary/aromatic N) is 1. The van der Waals surface area contributed by atoms with Crippen LogP contribution in [-0.4, -0.2) is 22.1 Å². The van der Waals surface area contributed by atoms with E-state index in [1.165, 1.54) is 0 Å². The topological polar surface area (TPSA) is 92.9 Å². The van der Waals surface area contributed by atoms with Crippen LogP contribution in [0, 0.1) is 6.92 Å². The van der Waals surface area contributed by atoms with Crippen LogP contribution < -0.4 is 16.7 Å². The van der Waals surface area contributed by atoms with Crippen molar-refractivity contribution in [3.05, 3.63) is 28.2 Å². The van der Waals surface area contributed by atoms with Gasteiger partial charge in [-0.3, -0.25) is 0 Å². The standard InChI is InChI=1S/C12H16N4O2/c1-3-4-14-11(17)16-10-5-7(2)8(13)6-9(10)15-12(16)18/h5-6H,3-4,13H2,1-2H3,(H,14,17)(H,15,18). The average Bonchev–Trinajstić information content (AvgIpc) is 2.62. The fourth-order valence-corrected chi connectivity index (χ4v) is 1.79. The molecule has 2 aromatic rings. The lowest BCUT2D eigenvalue weighted by atomic mass is 10.2. The van der Waals surface area contributed by atoms with E-state index in [0.717, 1.165) is 16.6 Å². The third kappa shape index (κ3) is 1.97. The molecular formula is C12H16N4O2. The summed E-state index contributed by atoms with van der Waals surface area (Å²) in [6.45, 7) is 4.32. The summed E-state index contributed by atoms with van der Waals surface area (Å²) in [5, 5.41) is 2.67. The van der Waals surface area contributed by atoms with Gasteiger partial charge in [0.25, 0.3) is 0 Å². The maximum Gasteiger partial charge on any atom is 0.334 e. The summed E-state index contributed by atoms with van der Waals surface area (Å²) in [6.07, 6.45) is 0.814. The van der Waals surface area contributed by atoms with E-state index in [1.54, 1.807) is 12.1 Å². The van der Waals surface area contributed by atoms with Crippen LogP contribution >= 0.6 is 0 Å². The molecule has 4 N–H and O–H groups in total. The molecule has 0 saturated heterocycles. The number of imidazole rings is 1. The first-order valence-corrected chi connectivity index (χ1v) is 5.83. The van der Waals surface area contributed by atoms with E-state index < -0.39 is 11.7 Å². The highest BCUT2D eigenvalue weighted by Gasteiger charge is 2.14. The minimum Gasteiger partial charge on any atom is -0.398 e. The highest BCUT2D eigenvalue weighted by Crippen LogP contribution is 2.18. The second kappa shape index (κ2) is 4.56. The number of rotatable bonds is 2. The van der Waals surface area contributed by atoms with Gasteiger partial charge in [0, 0.05) is 12.2 Å². The molecule has 0 aliphatic heterocycles. The first-order chi connectivity index (χ1) is 8.54. The van der Waals surface area contributed by atoms with Crippen LogP contribution in [0.15, 0.2) is 16.9 Å². The molecule has 6 heteroatoms.